The third-order valence-corrected chi connectivity index (χ3v) is 5.44. The highest BCUT2D eigenvalue weighted by Crippen LogP contribution is 2.34. The number of benzene rings is 1. The molecule has 0 radical (unpaired) electrons. The van der Waals surface area contributed by atoms with E-state index in [4.69, 9.17) is 9.78 Å². The molecule has 5 nitrogen and oxygen atoms in total. The number of rotatable bonds is 10. The largest absolute Gasteiger partial charge is 0.465 e. The molecule has 0 bridgehead atoms. The number of hydrogen-bond acceptors (Lipinski definition) is 3. The lowest BCUT2D eigenvalue weighted by Crippen LogP contribution is -2.52. The van der Waals surface area contributed by atoms with Crippen molar-refractivity contribution in [1.82, 2.24) is 4.90 Å². The van der Waals surface area contributed by atoms with Crippen LogP contribution in [0.5, 0.6) is 0 Å². The van der Waals surface area contributed by atoms with Crippen molar-refractivity contribution in [2.75, 3.05) is 0 Å². The monoisotopic (exact) mass is 405 g/mol. The molecule has 1 atom stereocenters. The summed E-state index contributed by atoms with van der Waals surface area (Å²) in [5.41, 5.74) is 1.12. The molecule has 29 heavy (non-hydrogen) atoms. The smallest absolute Gasteiger partial charge is 0.408 e. The quantitative estimate of drug-likeness (QED) is 0.351. The number of carbonyl (C=O) groups is 1. The van der Waals surface area contributed by atoms with E-state index in [0.717, 1.165) is 23.1 Å². The van der Waals surface area contributed by atoms with Crippen LogP contribution in [0.1, 0.15) is 86.3 Å². The zero-order valence-corrected chi connectivity index (χ0v) is 19.6. The fraction of sp³-hybridized carbons (Fsp3) is 0.625. The summed E-state index contributed by atoms with van der Waals surface area (Å²) < 4.78 is 0. The molecule has 5 heteroatoms. The van der Waals surface area contributed by atoms with Gasteiger partial charge in [-0.3, -0.25) is 4.90 Å². The van der Waals surface area contributed by atoms with Gasteiger partial charge in [-0.05, 0) is 85.4 Å². The highest BCUT2D eigenvalue weighted by molar-refractivity contribution is 5.68. The molecule has 1 aromatic carbocycles. The summed E-state index contributed by atoms with van der Waals surface area (Å²) in [6, 6.07) is 7.61. The van der Waals surface area contributed by atoms with Gasteiger partial charge in [0.05, 0.1) is 16.7 Å². The van der Waals surface area contributed by atoms with E-state index in [2.05, 4.69) is 6.58 Å². The summed E-state index contributed by atoms with van der Waals surface area (Å²) in [5, 5.41) is 10.0. The molecule has 0 aliphatic heterocycles. The van der Waals surface area contributed by atoms with Crippen LogP contribution in [-0.2, 0) is 15.3 Å². The van der Waals surface area contributed by atoms with Crippen LogP contribution in [0.4, 0.5) is 4.79 Å². The molecule has 1 aromatic rings. The Bertz CT molecular complexity index is 721. The summed E-state index contributed by atoms with van der Waals surface area (Å²) >= 11 is 0. The average molecular weight is 406 g/mol. The minimum Gasteiger partial charge on any atom is -0.465 e. The predicted molar refractivity (Wildman–Crippen MR) is 119 cm³/mol. The summed E-state index contributed by atoms with van der Waals surface area (Å²) in [5.74, 6) is 0. The third kappa shape index (κ3) is 6.86. The maximum Gasteiger partial charge on any atom is 0.408 e. The van der Waals surface area contributed by atoms with E-state index in [1.807, 2.05) is 86.6 Å². The Kier molecular flexibility index (Phi) is 8.09. The molecule has 0 aromatic heterocycles. The molecule has 1 N–H and O–H groups in total. The van der Waals surface area contributed by atoms with Crippen molar-refractivity contribution in [2.45, 2.75) is 97.9 Å². The van der Waals surface area contributed by atoms with Gasteiger partial charge in [-0.1, -0.05) is 37.3 Å². The Balaban J connectivity index is 3.10. The van der Waals surface area contributed by atoms with Gasteiger partial charge >= 0.3 is 6.09 Å². The van der Waals surface area contributed by atoms with Crippen molar-refractivity contribution >= 4 is 11.7 Å². The van der Waals surface area contributed by atoms with Gasteiger partial charge in [-0.25, -0.2) is 14.6 Å². The van der Waals surface area contributed by atoms with Gasteiger partial charge < -0.3 is 5.11 Å². The van der Waals surface area contributed by atoms with E-state index in [9.17, 15) is 9.90 Å². The number of nitrogens with zero attached hydrogens (tertiary/aromatic N) is 1. The molecular formula is C24H39NO4. The van der Waals surface area contributed by atoms with Crippen molar-refractivity contribution in [3.63, 3.8) is 0 Å². The molecule has 0 fully saturated rings. The molecule has 0 heterocycles. The molecule has 0 spiro atoms. The Morgan fingerprint density at radius 1 is 1.14 bits per heavy atom. The van der Waals surface area contributed by atoms with Crippen LogP contribution in [0, 0.1) is 0 Å². The van der Waals surface area contributed by atoms with Crippen LogP contribution >= 0.6 is 0 Å². The summed E-state index contributed by atoms with van der Waals surface area (Å²) in [6.07, 6.45) is 0.336. The van der Waals surface area contributed by atoms with Crippen LogP contribution < -0.4 is 0 Å². The molecule has 1 rings (SSSR count). The van der Waals surface area contributed by atoms with Crippen LogP contribution in [0.2, 0.25) is 0 Å². The van der Waals surface area contributed by atoms with Gasteiger partial charge in [0.25, 0.3) is 0 Å². The maximum atomic E-state index is 12.3. The first-order chi connectivity index (χ1) is 13.1. The second-order valence-corrected chi connectivity index (χ2v) is 9.67. The highest BCUT2D eigenvalue weighted by Gasteiger charge is 2.39. The first kappa shape index (κ1) is 25.2. The first-order valence-electron chi connectivity index (χ1n) is 10.3. The fourth-order valence-corrected chi connectivity index (χ4v) is 3.40. The van der Waals surface area contributed by atoms with E-state index in [1.54, 1.807) is 0 Å². The van der Waals surface area contributed by atoms with Gasteiger partial charge in [0.1, 0.15) is 0 Å². The fourth-order valence-electron chi connectivity index (χ4n) is 3.40. The molecule has 0 saturated carbocycles. The molecule has 164 valence electrons. The van der Waals surface area contributed by atoms with E-state index in [0.29, 0.717) is 6.42 Å². The summed E-state index contributed by atoms with van der Waals surface area (Å²) in [6.45, 7) is 21.5. The van der Waals surface area contributed by atoms with Gasteiger partial charge in [-0.15, -0.1) is 0 Å². The standard InChI is InChI=1S/C24H39NO4/c1-11-22(5,6)28-29-23(7,8)16-18(4)25(21(26)27)24(9,10)20-14-12-13-19(15-20)17(2)3/h12-15,18H,2,11,16H2,1,3-10H3,(H,26,27). The van der Waals surface area contributed by atoms with Crippen molar-refractivity contribution in [3.8, 4) is 0 Å². The van der Waals surface area contributed by atoms with Crippen molar-refractivity contribution < 1.29 is 19.7 Å². The molecule has 1 amide bonds. The number of carboxylic acid groups (broad SMARTS) is 1. The van der Waals surface area contributed by atoms with E-state index >= 15 is 0 Å². The highest BCUT2D eigenvalue weighted by atomic mass is 17.2. The molecule has 1 unspecified atom stereocenters. The van der Waals surface area contributed by atoms with Crippen molar-refractivity contribution in [3.05, 3.63) is 42.0 Å². The van der Waals surface area contributed by atoms with E-state index in [1.165, 1.54) is 4.90 Å². The first-order valence-corrected chi connectivity index (χ1v) is 10.3. The minimum atomic E-state index is -0.964. The second kappa shape index (κ2) is 9.31. The lowest BCUT2D eigenvalue weighted by Gasteiger charge is -2.43. The number of allylic oxidation sites excluding steroid dienone is 1. The molecular weight excluding hydrogens is 366 g/mol. The molecule has 0 aliphatic carbocycles. The summed E-state index contributed by atoms with van der Waals surface area (Å²) in [7, 11) is 0. The van der Waals surface area contributed by atoms with Crippen LogP contribution in [-0.4, -0.2) is 33.3 Å². The van der Waals surface area contributed by atoms with E-state index < -0.39 is 22.8 Å². The van der Waals surface area contributed by atoms with E-state index in [-0.39, 0.29) is 6.04 Å². The zero-order valence-electron chi connectivity index (χ0n) is 19.6. The molecule has 0 aliphatic rings. The van der Waals surface area contributed by atoms with Crippen molar-refractivity contribution in [2.24, 2.45) is 0 Å². The van der Waals surface area contributed by atoms with Crippen LogP contribution in [0.15, 0.2) is 30.8 Å². The third-order valence-electron chi connectivity index (χ3n) is 5.44. The Hall–Kier alpha value is -1.85. The van der Waals surface area contributed by atoms with Crippen LogP contribution in [0.25, 0.3) is 5.57 Å². The van der Waals surface area contributed by atoms with Crippen molar-refractivity contribution in [1.29, 1.82) is 0 Å². The normalized spacial score (nSPS) is 13.8. The van der Waals surface area contributed by atoms with Gasteiger partial charge in [-0.2, -0.15) is 0 Å². The van der Waals surface area contributed by atoms with Gasteiger partial charge in [0.2, 0.25) is 0 Å². The predicted octanol–water partition coefficient (Wildman–Crippen LogP) is 6.63. The Morgan fingerprint density at radius 3 is 2.17 bits per heavy atom. The summed E-state index contributed by atoms with van der Waals surface area (Å²) in [4.78, 5) is 25.1. The lowest BCUT2D eigenvalue weighted by molar-refractivity contribution is -0.403. The minimum absolute atomic E-state index is 0.292. The lowest BCUT2D eigenvalue weighted by atomic mass is 9.87. The average Bonchev–Trinajstić information content (AvgIpc) is 2.59. The Labute approximate surface area is 176 Å². The second-order valence-electron chi connectivity index (χ2n) is 9.67. The SMILES string of the molecule is C=C(C)c1cccc(C(C)(C)N(C(=O)O)C(C)CC(C)(C)OOC(C)(C)CC)c1. The van der Waals surface area contributed by atoms with Gasteiger partial charge in [0.15, 0.2) is 0 Å². The van der Waals surface area contributed by atoms with Gasteiger partial charge in [0, 0.05) is 6.04 Å². The number of amides is 1. The maximum absolute atomic E-state index is 12.3. The Morgan fingerprint density at radius 2 is 1.69 bits per heavy atom. The molecule has 0 saturated heterocycles. The van der Waals surface area contributed by atoms with Crippen LogP contribution in [0.3, 0.4) is 0 Å². The topological polar surface area (TPSA) is 59.0 Å². The zero-order chi connectivity index (χ0) is 22.6. The number of hydrogen-bond donors (Lipinski definition) is 1.